The van der Waals surface area contributed by atoms with Crippen LogP contribution < -0.4 is 0 Å². The molecule has 1 amide bonds. The van der Waals surface area contributed by atoms with Crippen molar-refractivity contribution in [1.29, 1.82) is 0 Å². The first kappa shape index (κ1) is 23.6. The van der Waals surface area contributed by atoms with E-state index in [4.69, 9.17) is 4.74 Å². The second kappa shape index (κ2) is 11.1. The molecule has 5 nitrogen and oxygen atoms in total. The molecule has 5 rings (SSSR count). The van der Waals surface area contributed by atoms with E-state index in [0.29, 0.717) is 13.1 Å². The number of amides is 1. The van der Waals surface area contributed by atoms with Gasteiger partial charge in [0.05, 0.1) is 12.6 Å². The highest BCUT2D eigenvalue weighted by atomic mass is 16.6. The molecular formula is C30H35N3O2. The number of nitrogens with zero attached hydrogens (tertiary/aromatic N) is 3. The van der Waals surface area contributed by atoms with Crippen molar-refractivity contribution in [2.45, 2.75) is 25.5 Å². The molecule has 2 fully saturated rings. The van der Waals surface area contributed by atoms with Crippen LogP contribution in [0.1, 0.15) is 28.3 Å². The standard InChI is InChI=1S/C30H35N3O2/c1-24-12-14-25(15-13-24)16-17-33-23-28(35-30(33)34)22-31-18-20-32(21-19-31)29(26-8-4-2-5-9-26)27-10-6-3-7-11-27/h2-15,28-29H,16-23H2,1H3. The topological polar surface area (TPSA) is 36.0 Å². The van der Waals surface area contributed by atoms with Crippen molar-refractivity contribution in [3.8, 4) is 0 Å². The summed E-state index contributed by atoms with van der Waals surface area (Å²) in [6.45, 7) is 8.24. The van der Waals surface area contributed by atoms with E-state index in [2.05, 4.69) is 102 Å². The van der Waals surface area contributed by atoms with Crippen LogP contribution >= 0.6 is 0 Å². The fourth-order valence-electron chi connectivity index (χ4n) is 5.25. The largest absolute Gasteiger partial charge is 0.443 e. The molecule has 0 aliphatic carbocycles. The lowest BCUT2D eigenvalue weighted by atomic mass is 9.96. The van der Waals surface area contributed by atoms with Gasteiger partial charge in [0, 0.05) is 39.3 Å². The summed E-state index contributed by atoms with van der Waals surface area (Å²) in [5.41, 5.74) is 5.19. The summed E-state index contributed by atoms with van der Waals surface area (Å²) in [6.07, 6.45) is 0.640. The molecule has 1 atom stereocenters. The van der Waals surface area contributed by atoms with Crippen LogP contribution in [0.15, 0.2) is 84.9 Å². The smallest absolute Gasteiger partial charge is 0.410 e. The summed E-state index contributed by atoms with van der Waals surface area (Å²) >= 11 is 0. The maximum Gasteiger partial charge on any atom is 0.410 e. The number of hydrogen-bond acceptors (Lipinski definition) is 4. The van der Waals surface area contributed by atoms with Crippen LogP contribution in [-0.4, -0.2) is 72.7 Å². The molecule has 0 aromatic heterocycles. The summed E-state index contributed by atoms with van der Waals surface area (Å²) in [7, 11) is 0. The lowest BCUT2D eigenvalue weighted by Gasteiger charge is -2.40. The minimum Gasteiger partial charge on any atom is -0.443 e. The molecule has 1 unspecified atom stereocenters. The van der Waals surface area contributed by atoms with E-state index >= 15 is 0 Å². The van der Waals surface area contributed by atoms with E-state index < -0.39 is 0 Å². The van der Waals surface area contributed by atoms with Crippen LogP contribution in [0.4, 0.5) is 4.79 Å². The van der Waals surface area contributed by atoms with E-state index in [1.807, 2.05) is 4.90 Å². The number of cyclic esters (lactones) is 1. The Bertz CT molecular complexity index is 1040. The Kier molecular flexibility index (Phi) is 7.45. The van der Waals surface area contributed by atoms with E-state index in [9.17, 15) is 4.79 Å². The van der Waals surface area contributed by atoms with Crippen molar-refractivity contribution in [3.63, 3.8) is 0 Å². The molecule has 3 aromatic rings. The zero-order valence-corrected chi connectivity index (χ0v) is 20.6. The third-order valence-corrected chi connectivity index (χ3v) is 7.21. The third kappa shape index (κ3) is 5.92. The average Bonchev–Trinajstić information content (AvgIpc) is 3.25. The van der Waals surface area contributed by atoms with E-state index in [1.165, 1.54) is 22.3 Å². The van der Waals surface area contributed by atoms with Crippen molar-refractivity contribution >= 4 is 6.09 Å². The lowest BCUT2D eigenvalue weighted by molar-refractivity contribution is 0.0670. The number of hydrogen-bond donors (Lipinski definition) is 0. The number of piperazine rings is 1. The fraction of sp³-hybridized carbons (Fsp3) is 0.367. The molecule has 0 spiro atoms. The normalized spacial score (nSPS) is 19.3. The number of aryl methyl sites for hydroxylation is 1. The number of ether oxygens (including phenoxy) is 1. The quantitative estimate of drug-likeness (QED) is 0.476. The van der Waals surface area contributed by atoms with Crippen LogP contribution in [0.3, 0.4) is 0 Å². The fourth-order valence-corrected chi connectivity index (χ4v) is 5.25. The number of rotatable bonds is 8. The number of carbonyl (C=O) groups excluding carboxylic acids is 1. The highest BCUT2D eigenvalue weighted by molar-refractivity contribution is 5.69. The van der Waals surface area contributed by atoms with Gasteiger partial charge in [-0.15, -0.1) is 0 Å². The molecule has 2 aliphatic rings. The van der Waals surface area contributed by atoms with Gasteiger partial charge in [-0.05, 0) is 30.0 Å². The zero-order chi connectivity index (χ0) is 24.0. The Balaban J connectivity index is 1.14. The van der Waals surface area contributed by atoms with Crippen LogP contribution in [-0.2, 0) is 11.2 Å². The second-order valence-corrected chi connectivity index (χ2v) is 9.75. The van der Waals surface area contributed by atoms with Crippen LogP contribution in [0.2, 0.25) is 0 Å². The van der Waals surface area contributed by atoms with Crippen molar-refractivity contribution in [2.24, 2.45) is 0 Å². The second-order valence-electron chi connectivity index (χ2n) is 9.75. The minimum absolute atomic E-state index is 0.0499. The first-order chi connectivity index (χ1) is 17.2. The van der Waals surface area contributed by atoms with Gasteiger partial charge in [0.1, 0.15) is 6.10 Å². The molecule has 0 radical (unpaired) electrons. The van der Waals surface area contributed by atoms with Gasteiger partial charge < -0.3 is 9.64 Å². The van der Waals surface area contributed by atoms with Crippen molar-refractivity contribution in [2.75, 3.05) is 45.8 Å². The zero-order valence-electron chi connectivity index (χ0n) is 20.6. The first-order valence-electron chi connectivity index (χ1n) is 12.7. The molecule has 0 bridgehead atoms. The van der Waals surface area contributed by atoms with Crippen LogP contribution in [0, 0.1) is 6.92 Å². The highest BCUT2D eigenvalue weighted by Crippen LogP contribution is 2.29. The first-order valence-corrected chi connectivity index (χ1v) is 12.7. The van der Waals surface area contributed by atoms with Crippen LogP contribution in [0.25, 0.3) is 0 Å². The molecule has 0 N–H and O–H groups in total. The van der Waals surface area contributed by atoms with Gasteiger partial charge in [0.15, 0.2) is 0 Å². The average molecular weight is 470 g/mol. The Morgan fingerprint density at radius 1 is 0.829 bits per heavy atom. The highest BCUT2D eigenvalue weighted by Gasteiger charge is 2.33. The van der Waals surface area contributed by atoms with Gasteiger partial charge in [-0.25, -0.2) is 4.79 Å². The molecule has 2 aliphatic heterocycles. The predicted octanol–water partition coefficient (Wildman–Crippen LogP) is 4.77. The van der Waals surface area contributed by atoms with Gasteiger partial charge in [-0.3, -0.25) is 9.80 Å². The van der Waals surface area contributed by atoms with Gasteiger partial charge in [0.2, 0.25) is 0 Å². The third-order valence-electron chi connectivity index (χ3n) is 7.21. The molecule has 2 saturated heterocycles. The molecule has 35 heavy (non-hydrogen) atoms. The summed E-state index contributed by atoms with van der Waals surface area (Å²) in [6, 6.07) is 30.4. The molecule has 2 heterocycles. The Hall–Kier alpha value is -3.15. The van der Waals surface area contributed by atoms with Gasteiger partial charge in [0.25, 0.3) is 0 Å². The molecule has 182 valence electrons. The molecule has 3 aromatic carbocycles. The van der Waals surface area contributed by atoms with E-state index in [-0.39, 0.29) is 18.2 Å². The molecular weight excluding hydrogens is 434 g/mol. The number of benzene rings is 3. The lowest BCUT2D eigenvalue weighted by Crippen LogP contribution is -2.50. The molecule has 0 saturated carbocycles. The van der Waals surface area contributed by atoms with Crippen molar-refractivity contribution in [1.82, 2.24) is 14.7 Å². The monoisotopic (exact) mass is 469 g/mol. The van der Waals surface area contributed by atoms with Gasteiger partial charge in [-0.1, -0.05) is 90.5 Å². The van der Waals surface area contributed by atoms with Gasteiger partial charge in [-0.2, -0.15) is 0 Å². The van der Waals surface area contributed by atoms with Gasteiger partial charge >= 0.3 is 6.09 Å². The van der Waals surface area contributed by atoms with E-state index in [0.717, 1.165) is 39.1 Å². The van der Waals surface area contributed by atoms with Crippen molar-refractivity contribution in [3.05, 3.63) is 107 Å². The molecule has 5 heteroatoms. The SMILES string of the molecule is Cc1ccc(CCN2CC(CN3CCN(C(c4ccccc4)c4ccccc4)CC3)OC2=O)cc1. The summed E-state index contributed by atoms with van der Waals surface area (Å²) in [5, 5.41) is 0. The van der Waals surface area contributed by atoms with Crippen LogP contribution in [0.5, 0.6) is 0 Å². The summed E-state index contributed by atoms with van der Waals surface area (Å²) in [5.74, 6) is 0. The minimum atomic E-state index is -0.172. The maximum absolute atomic E-state index is 12.4. The summed E-state index contributed by atoms with van der Waals surface area (Å²) in [4.78, 5) is 19.3. The Morgan fingerprint density at radius 2 is 1.43 bits per heavy atom. The van der Waals surface area contributed by atoms with E-state index in [1.54, 1.807) is 0 Å². The predicted molar refractivity (Wildman–Crippen MR) is 139 cm³/mol. The van der Waals surface area contributed by atoms with Crippen molar-refractivity contribution < 1.29 is 9.53 Å². The Labute approximate surface area is 208 Å². The Morgan fingerprint density at radius 3 is 2.03 bits per heavy atom. The summed E-state index contributed by atoms with van der Waals surface area (Å²) < 4.78 is 5.73. The number of carbonyl (C=O) groups is 1. The maximum atomic E-state index is 12.4.